The topological polar surface area (TPSA) is 108 Å². The maximum absolute atomic E-state index is 14.4. The van der Waals surface area contributed by atoms with Crippen molar-refractivity contribution >= 4 is 5.82 Å². The number of aromatic amines is 1. The van der Waals surface area contributed by atoms with E-state index >= 15 is 0 Å². The van der Waals surface area contributed by atoms with Crippen molar-refractivity contribution in [1.29, 1.82) is 5.26 Å². The maximum atomic E-state index is 14.4. The van der Waals surface area contributed by atoms with E-state index in [-0.39, 0.29) is 23.0 Å². The first-order valence-corrected chi connectivity index (χ1v) is 10.4. The minimum atomic E-state index is -0.634. The number of benzene rings is 2. The predicted octanol–water partition coefficient (Wildman–Crippen LogP) is 3.19. The van der Waals surface area contributed by atoms with Gasteiger partial charge in [-0.1, -0.05) is 30.3 Å². The van der Waals surface area contributed by atoms with E-state index in [9.17, 15) is 9.18 Å². The molecule has 0 saturated carbocycles. The Morgan fingerprint density at radius 3 is 2.53 bits per heavy atom. The number of nitrogens with zero attached hydrogens (tertiary/aromatic N) is 3. The normalized spacial score (nSPS) is 14.4. The Morgan fingerprint density at radius 2 is 1.91 bits per heavy atom. The SMILES string of the molecule is COCc1ccc(-c2[nH]c(=O)c(N3CCC(N)CC3)nc2-c2ccc(C#N)c(F)c2)cc1. The zero-order chi connectivity index (χ0) is 22.7. The van der Waals surface area contributed by atoms with E-state index in [1.165, 1.54) is 12.1 Å². The second-order valence-corrected chi connectivity index (χ2v) is 7.87. The van der Waals surface area contributed by atoms with Gasteiger partial charge in [-0.15, -0.1) is 0 Å². The number of aromatic nitrogens is 2. The molecule has 0 atom stereocenters. The van der Waals surface area contributed by atoms with Crippen LogP contribution in [0.2, 0.25) is 0 Å². The molecule has 0 unspecified atom stereocenters. The van der Waals surface area contributed by atoms with Crippen molar-refractivity contribution in [3.8, 4) is 28.6 Å². The number of halogens is 1. The number of piperidine rings is 1. The molecule has 164 valence electrons. The molecule has 7 nitrogen and oxygen atoms in total. The molecule has 32 heavy (non-hydrogen) atoms. The van der Waals surface area contributed by atoms with Gasteiger partial charge in [-0.25, -0.2) is 9.37 Å². The third-order valence-corrected chi connectivity index (χ3v) is 5.65. The lowest BCUT2D eigenvalue weighted by Gasteiger charge is -2.30. The Kier molecular flexibility index (Phi) is 6.30. The number of hydrogen-bond acceptors (Lipinski definition) is 6. The number of H-pyrrole nitrogens is 1. The first-order valence-electron chi connectivity index (χ1n) is 10.4. The van der Waals surface area contributed by atoms with Crippen LogP contribution in [0.1, 0.15) is 24.0 Å². The summed E-state index contributed by atoms with van der Waals surface area (Å²) in [5.41, 5.74) is 8.77. The molecule has 0 spiro atoms. The average molecular weight is 433 g/mol. The number of nitriles is 1. The number of ether oxygens (including phenoxy) is 1. The molecule has 1 aliphatic rings. The van der Waals surface area contributed by atoms with Crippen molar-refractivity contribution in [2.24, 2.45) is 5.73 Å². The van der Waals surface area contributed by atoms with Crippen LogP contribution in [0.4, 0.5) is 10.2 Å². The minimum Gasteiger partial charge on any atom is -0.380 e. The molecular formula is C24H24FN5O2. The van der Waals surface area contributed by atoms with Crippen LogP contribution in [0.15, 0.2) is 47.3 Å². The lowest BCUT2D eigenvalue weighted by Crippen LogP contribution is -2.42. The molecule has 0 amide bonds. The Morgan fingerprint density at radius 1 is 1.22 bits per heavy atom. The van der Waals surface area contributed by atoms with E-state index in [2.05, 4.69) is 4.98 Å². The van der Waals surface area contributed by atoms with Gasteiger partial charge in [0, 0.05) is 37.4 Å². The molecule has 0 bridgehead atoms. The van der Waals surface area contributed by atoms with Crippen LogP contribution in [0.25, 0.3) is 22.5 Å². The summed E-state index contributed by atoms with van der Waals surface area (Å²) < 4.78 is 19.6. The molecule has 8 heteroatoms. The number of anilines is 1. The largest absolute Gasteiger partial charge is 0.380 e. The van der Waals surface area contributed by atoms with Crippen molar-refractivity contribution in [2.45, 2.75) is 25.5 Å². The summed E-state index contributed by atoms with van der Waals surface area (Å²) in [6, 6.07) is 13.8. The van der Waals surface area contributed by atoms with Crippen LogP contribution >= 0.6 is 0 Å². The summed E-state index contributed by atoms with van der Waals surface area (Å²) in [6.45, 7) is 1.73. The van der Waals surface area contributed by atoms with Crippen molar-refractivity contribution < 1.29 is 9.13 Å². The standard InChI is InChI=1S/C24H24FN5O2/c1-32-14-15-2-4-16(5-3-15)21-22(17-6-7-18(13-26)20(25)12-17)28-23(24(31)29-21)30-10-8-19(27)9-11-30/h2-7,12,19H,8-11,14,27H2,1H3,(H,29,31). The zero-order valence-electron chi connectivity index (χ0n) is 17.8. The first-order chi connectivity index (χ1) is 15.5. The van der Waals surface area contributed by atoms with E-state index in [1.807, 2.05) is 35.2 Å². The number of nitrogens with one attached hydrogen (secondary N) is 1. The van der Waals surface area contributed by atoms with Gasteiger partial charge < -0.3 is 20.4 Å². The Hall–Kier alpha value is -3.54. The minimum absolute atomic E-state index is 0.0473. The predicted molar refractivity (Wildman–Crippen MR) is 121 cm³/mol. The van der Waals surface area contributed by atoms with Gasteiger partial charge in [-0.3, -0.25) is 4.79 Å². The van der Waals surface area contributed by atoms with E-state index in [0.29, 0.717) is 36.6 Å². The second kappa shape index (κ2) is 9.30. The highest BCUT2D eigenvalue weighted by Gasteiger charge is 2.23. The van der Waals surface area contributed by atoms with E-state index in [0.717, 1.165) is 24.0 Å². The van der Waals surface area contributed by atoms with Gasteiger partial charge in [0.15, 0.2) is 5.82 Å². The summed E-state index contributed by atoms with van der Waals surface area (Å²) in [5, 5.41) is 9.07. The second-order valence-electron chi connectivity index (χ2n) is 7.87. The Labute approximate surface area is 185 Å². The summed E-state index contributed by atoms with van der Waals surface area (Å²) >= 11 is 0. The Balaban J connectivity index is 1.85. The van der Waals surface area contributed by atoms with Crippen molar-refractivity contribution in [2.75, 3.05) is 25.1 Å². The fraction of sp³-hybridized carbons (Fsp3) is 0.292. The summed E-state index contributed by atoms with van der Waals surface area (Å²) in [7, 11) is 1.62. The van der Waals surface area contributed by atoms with Gasteiger partial charge in [0.05, 0.1) is 23.6 Å². The molecule has 2 aromatic carbocycles. The van der Waals surface area contributed by atoms with Gasteiger partial charge in [0.1, 0.15) is 11.9 Å². The van der Waals surface area contributed by atoms with Crippen molar-refractivity contribution in [3.63, 3.8) is 0 Å². The number of nitrogens with two attached hydrogens (primary N) is 1. The third-order valence-electron chi connectivity index (χ3n) is 5.65. The molecule has 0 aliphatic carbocycles. The summed E-state index contributed by atoms with van der Waals surface area (Å²) in [4.78, 5) is 22.5. The van der Waals surface area contributed by atoms with Gasteiger partial charge in [0.2, 0.25) is 0 Å². The van der Waals surface area contributed by atoms with Crippen LogP contribution < -0.4 is 16.2 Å². The van der Waals surface area contributed by atoms with E-state index in [1.54, 1.807) is 13.2 Å². The molecule has 1 aliphatic heterocycles. The van der Waals surface area contributed by atoms with Crippen LogP contribution in [-0.2, 0) is 11.3 Å². The molecule has 2 heterocycles. The third kappa shape index (κ3) is 4.40. The van der Waals surface area contributed by atoms with Crippen molar-refractivity contribution in [1.82, 2.24) is 9.97 Å². The fourth-order valence-electron chi connectivity index (χ4n) is 3.87. The van der Waals surface area contributed by atoms with Gasteiger partial charge >= 0.3 is 0 Å². The van der Waals surface area contributed by atoms with Crippen LogP contribution in [0.3, 0.4) is 0 Å². The zero-order valence-corrected chi connectivity index (χ0v) is 17.8. The molecule has 3 aromatic rings. The van der Waals surface area contributed by atoms with Gasteiger partial charge in [-0.2, -0.15) is 5.26 Å². The van der Waals surface area contributed by atoms with E-state index in [4.69, 9.17) is 20.7 Å². The van der Waals surface area contributed by atoms with Gasteiger partial charge in [0.25, 0.3) is 5.56 Å². The van der Waals surface area contributed by atoms with Crippen LogP contribution in [0.5, 0.6) is 0 Å². The fourth-order valence-corrected chi connectivity index (χ4v) is 3.87. The highest BCUT2D eigenvalue weighted by Crippen LogP contribution is 2.31. The van der Waals surface area contributed by atoms with Crippen molar-refractivity contribution in [3.05, 3.63) is 69.8 Å². The summed E-state index contributed by atoms with van der Waals surface area (Å²) in [6.07, 6.45) is 1.54. The van der Waals surface area contributed by atoms with Gasteiger partial charge in [-0.05, 0) is 30.5 Å². The molecule has 0 radical (unpaired) electrons. The smallest absolute Gasteiger partial charge is 0.291 e. The molecule has 1 saturated heterocycles. The first kappa shape index (κ1) is 21.7. The number of methoxy groups -OCH3 is 1. The molecule has 4 rings (SSSR count). The molecule has 3 N–H and O–H groups in total. The van der Waals surface area contributed by atoms with Crippen LogP contribution in [0, 0.1) is 17.1 Å². The number of hydrogen-bond donors (Lipinski definition) is 2. The highest BCUT2D eigenvalue weighted by atomic mass is 19.1. The summed E-state index contributed by atoms with van der Waals surface area (Å²) in [5.74, 6) is -0.346. The molecule has 1 aromatic heterocycles. The quantitative estimate of drug-likeness (QED) is 0.640. The monoisotopic (exact) mass is 433 g/mol. The van der Waals surface area contributed by atoms with Crippen LogP contribution in [-0.4, -0.2) is 36.2 Å². The average Bonchev–Trinajstić information content (AvgIpc) is 2.80. The lowest BCUT2D eigenvalue weighted by atomic mass is 10.0. The lowest BCUT2D eigenvalue weighted by molar-refractivity contribution is 0.185. The number of rotatable bonds is 5. The maximum Gasteiger partial charge on any atom is 0.291 e. The molecule has 1 fully saturated rings. The molecular weight excluding hydrogens is 409 g/mol. The van der Waals surface area contributed by atoms with E-state index < -0.39 is 5.82 Å². The Bertz CT molecular complexity index is 1210. The highest BCUT2D eigenvalue weighted by molar-refractivity contribution is 5.79.